The van der Waals surface area contributed by atoms with Crippen molar-refractivity contribution in [3.8, 4) is 0 Å². The summed E-state index contributed by atoms with van der Waals surface area (Å²) in [6.07, 6.45) is 1.77. The van der Waals surface area contributed by atoms with E-state index in [1.165, 1.54) is 6.07 Å². The summed E-state index contributed by atoms with van der Waals surface area (Å²) in [7, 11) is 0. The molecule has 0 bridgehead atoms. The van der Waals surface area contributed by atoms with Gasteiger partial charge in [-0.05, 0) is 24.8 Å². The summed E-state index contributed by atoms with van der Waals surface area (Å²) in [5.74, 6) is 0.100. The van der Waals surface area contributed by atoms with Gasteiger partial charge in [0.1, 0.15) is 5.56 Å². The number of ether oxygens (including phenoxy) is 1. The van der Waals surface area contributed by atoms with E-state index in [2.05, 4.69) is 29.0 Å². The number of nitrogens with zero attached hydrogens (tertiary/aromatic N) is 1. The van der Waals surface area contributed by atoms with Crippen molar-refractivity contribution < 1.29 is 14.3 Å². The van der Waals surface area contributed by atoms with Gasteiger partial charge in [0.15, 0.2) is 5.78 Å². The predicted molar refractivity (Wildman–Crippen MR) is 97.7 cm³/mol. The van der Waals surface area contributed by atoms with Crippen molar-refractivity contribution in [1.82, 2.24) is 15.2 Å². The van der Waals surface area contributed by atoms with E-state index in [0.29, 0.717) is 43.2 Å². The maximum Gasteiger partial charge on any atom is 0.261 e. The van der Waals surface area contributed by atoms with Gasteiger partial charge in [0.2, 0.25) is 0 Å². The Balaban J connectivity index is 1.62. The Hall–Kier alpha value is -1.99. The maximum absolute atomic E-state index is 12.4. The molecule has 7 nitrogen and oxygen atoms in total. The van der Waals surface area contributed by atoms with Crippen LogP contribution in [0.15, 0.2) is 10.9 Å². The number of carbonyl (C=O) groups excluding carboxylic acids is 2. The van der Waals surface area contributed by atoms with Crippen LogP contribution in [0.4, 0.5) is 0 Å². The number of fused-ring (bicyclic) bond motifs is 1. The van der Waals surface area contributed by atoms with Crippen molar-refractivity contribution in [2.45, 2.75) is 39.2 Å². The number of aryl methyl sites for hydroxylation is 1. The third kappa shape index (κ3) is 4.40. The Morgan fingerprint density at radius 2 is 2.19 bits per heavy atom. The fraction of sp³-hybridized carbons (Fsp3) is 0.632. The molecule has 1 aromatic heterocycles. The summed E-state index contributed by atoms with van der Waals surface area (Å²) in [5.41, 5.74) is 0.663. The van der Waals surface area contributed by atoms with Crippen LogP contribution in [0.25, 0.3) is 0 Å². The maximum atomic E-state index is 12.4. The molecule has 2 heterocycles. The highest BCUT2D eigenvalue weighted by atomic mass is 16.5. The number of nitrogens with one attached hydrogen (secondary N) is 2. The SMILES string of the molecule is CC(C)CN1CCOC(CNC(=O)c2cc3c([nH]c2=O)CCCC3=O)C1. The molecular formula is C19H27N3O4. The number of rotatable bonds is 5. The van der Waals surface area contributed by atoms with Crippen LogP contribution in [-0.2, 0) is 11.2 Å². The first kappa shape index (κ1) is 18.8. The largest absolute Gasteiger partial charge is 0.374 e. The second-order valence-electron chi connectivity index (χ2n) is 7.54. The lowest BCUT2D eigenvalue weighted by molar-refractivity contribution is -0.0295. The van der Waals surface area contributed by atoms with Crippen LogP contribution in [0.3, 0.4) is 0 Å². The lowest BCUT2D eigenvalue weighted by Crippen LogP contribution is -2.48. The number of morpholine rings is 1. The monoisotopic (exact) mass is 361 g/mol. The average molecular weight is 361 g/mol. The first-order chi connectivity index (χ1) is 12.4. The molecule has 0 saturated carbocycles. The van der Waals surface area contributed by atoms with E-state index in [-0.39, 0.29) is 17.5 Å². The Bertz CT molecular complexity index is 741. The molecule has 1 aromatic rings. The van der Waals surface area contributed by atoms with E-state index < -0.39 is 11.5 Å². The van der Waals surface area contributed by atoms with Crippen molar-refractivity contribution in [3.63, 3.8) is 0 Å². The van der Waals surface area contributed by atoms with E-state index in [1.54, 1.807) is 0 Å². The van der Waals surface area contributed by atoms with Crippen LogP contribution in [-0.4, -0.2) is 60.5 Å². The molecular weight excluding hydrogens is 334 g/mol. The van der Waals surface area contributed by atoms with E-state index >= 15 is 0 Å². The van der Waals surface area contributed by atoms with Gasteiger partial charge in [0, 0.05) is 43.9 Å². The molecule has 2 aliphatic rings. The lowest BCUT2D eigenvalue weighted by Gasteiger charge is -2.33. The average Bonchev–Trinajstić information content (AvgIpc) is 2.59. The minimum atomic E-state index is -0.461. The number of ketones is 1. The zero-order chi connectivity index (χ0) is 18.7. The number of hydrogen-bond donors (Lipinski definition) is 2. The number of pyridine rings is 1. The van der Waals surface area contributed by atoms with Gasteiger partial charge in [-0.3, -0.25) is 19.3 Å². The highest BCUT2D eigenvalue weighted by Crippen LogP contribution is 2.18. The Morgan fingerprint density at radius 1 is 1.38 bits per heavy atom. The number of hydrogen-bond acceptors (Lipinski definition) is 5. The van der Waals surface area contributed by atoms with Crippen molar-refractivity contribution >= 4 is 11.7 Å². The number of aromatic nitrogens is 1. The second-order valence-corrected chi connectivity index (χ2v) is 7.54. The summed E-state index contributed by atoms with van der Waals surface area (Å²) in [5, 5.41) is 2.78. The van der Waals surface area contributed by atoms with Crippen LogP contribution in [0, 0.1) is 5.92 Å². The summed E-state index contributed by atoms with van der Waals surface area (Å²) in [6.45, 7) is 8.00. The standard InChI is InChI=1S/C19H27N3O4/c1-12(2)10-22-6-7-26-13(11-22)9-20-18(24)15-8-14-16(21-19(15)25)4-3-5-17(14)23/h8,12-13H,3-7,9-11H2,1-2H3,(H,20,24)(H,21,25). The molecule has 0 aromatic carbocycles. The molecule has 1 aliphatic carbocycles. The van der Waals surface area contributed by atoms with Crippen molar-refractivity contribution in [3.05, 3.63) is 33.2 Å². The van der Waals surface area contributed by atoms with Crippen LogP contribution < -0.4 is 10.9 Å². The normalized spacial score (nSPS) is 20.9. The van der Waals surface area contributed by atoms with Gasteiger partial charge >= 0.3 is 0 Å². The van der Waals surface area contributed by atoms with Crippen LogP contribution in [0.5, 0.6) is 0 Å². The first-order valence-electron chi connectivity index (χ1n) is 9.35. The smallest absolute Gasteiger partial charge is 0.261 e. The van der Waals surface area contributed by atoms with Gasteiger partial charge in [-0.1, -0.05) is 13.8 Å². The molecule has 1 saturated heterocycles. The van der Waals surface area contributed by atoms with Crippen LogP contribution >= 0.6 is 0 Å². The Labute approximate surface area is 153 Å². The van der Waals surface area contributed by atoms with Gasteiger partial charge in [-0.15, -0.1) is 0 Å². The van der Waals surface area contributed by atoms with E-state index in [1.807, 2.05) is 0 Å². The minimum Gasteiger partial charge on any atom is -0.374 e. The van der Waals surface area contributed by atoms with Crippen LogP contribution in [0.2, 0.25) is 0 Å². The Morgan fingerprint density at radius 3 is 2.96 bits per heavy atom. The molecule has 7 heteroatoms. The second kappa shape index (κ2) is 8.14. The molecule has 1 fully saturated rings. The fourth-order valence-corrected chi connectivity index (χ4v) is 3.63. The fourth-order valence-electron chi connectivity index (χ4n) is 3.63. The highest BCUT2D eigenvalue weighted by molar-refractivity contribution is 6.01. The first-order valence-corrected chi connectivity index (χ1v) is 9.35. The molecule has 3 rings (SSSR count). The number of aromatic amines is 1. The Kier molecular flexibility index (Phi) is 5.88. The van der Waals surface area contributed by atoms with Crippen LogP contribution in [0.1, 0.15) is 53.1 Å². The summed E-state index contributed by atoms with van der Waals surface area (Å²) in [6, 6.07) is 1.44. The van der Waals surface area contributed by atoms with E-state index in [4.69, 9.17) is 4.74 Å². The van der Waals surface area contributed by atoms with Gasteiger partial charge in [0.25, 0.3) is 11.5 Å². The molecule has 142 valence electrons. The predicted octanol–water partition coefficient (Wildman–Crippen LogP) is 0.981. The lowest BCUT2D eigenvalue weighted by atomic mass is 9.93. The number of Topliss-reactive ketones (excluding diaryl/α,β-unsaturated/α-hetero) is 1. The number of carbonyl (C=O) groups is 2. The molecule has 0 radical (unpaired) electrons. The highest BCUT2D eigenvalue weighted by Gasteiger charge is 2.24. The molecule has 0 spiro atoms. The molecule has 1 aliphatic heterocycles. The number of amides is 1. The van der Waals surface area contributed by atoms with Gasteiger partial charge in [0.05, 0.1) is 12.7 Å². The summed E-state index contributed by atoms with van der Waals surface area (Å²) < 4.78 is 5.72. The molecule has 1 unspecified atom stereocenters. The topological polar surface area (TPSA) is 91.5 Å². The quantitative estimate of drug-likeness (QED) is 0.816. The zero-order valence-corrected chi connectivity index (χ0v) is 15.5. The van der Waals surface area contributed by atoms with Gasteiger partial charge in [-0.2, -0.15) is 0 Å². The van der Waals surface area contributed by atoms with Crippen molar-refractivity contribution in [1.29, 1.82) is 0 Å². The van der Waals surface area contributed by atoms with Gasteiger partial charge < -0.3 is 15.0 Å². The summed E-state index contributed by atoms with van der Waals surface area (Å²) in [4.78, 5) is 41.7. The summed E-state index contributed by atoms with van der Waals surface area (Å²) >= 11 is 0. The van der Waals surface area contributed by atoms with E-state index in [9.17, 15) is 14.4 Å². The van der Waals surface area contributed by atoms with Crippen molar-refractivity contribution in [2.24, 2.45) is 5.92 Å². The van der Waals surface area contributed by atoms with Gasteiger partial charge in [-0.25, -0.2) is 0 Å². The number of H-pyrrole nitrogens is 1. The molecule has 1 atom stereocenters. The molecule has 1 amide bonds. The van der Waals surface area contributed by atoms with E-state index in [0.717, 1.165) is 26.1 Å². The molecule has 2 N–H and O–H groups in total. The van der Waals surface area contributed by atoms with Crippen molar-refractivity contribution in [2.75, 3.05) is 32.8 Å². The molecule has 26 heavy (non-hydrogen) atoms. The third-order valence-corrected chi connectivity index (χ3v) is 4.84. The zero-order valence-electron chi connectivity index (χ0n) is 15.5. The third-order valence-electron chi connectivity index (χ3n) is 4.84. The minimum absolute atomic E-state index is 0.00570.